The Morgan fingerprint density at radius 2 is 1.79 bits per heavy atom. The lowest BCUT2D eigenvalue weighted by Gasteiger charge is -2.51. The third kappa shape index (κ3) is 4.52. The van der Waals surface area contributed by atoms with E-state index < -0.39 is 39.3 Å². The van der Waals surface area contributed by atoms with E-state index in [2.05, 4.69) is 21.2 Å². The summed E-state index contributed by atoms with van der Waals surface area (Å²) in [5, 5.41) is 11.2. The highest BCUT2D eigenvalue weighted by Gasteiger charge is 2.59. The molecule has 2 aromatic carbocycles. The van der Waals surface area contributed by atoms with Gasteiger partial charge in [-0.15, -0.1) is 0 Å². The molecule has 2 aliphatic rings. The van der Waals surface area contributed by atoms with Crippen LogP contribution in [0.3, 0.4) is 0 Å². The second kappa shape index (κ2) is 10.1. The summed E-state index contributed by atoms with van der Waals surface area (Å²) in [6.45, 7) is 0. The molecule has 0 saturated carbocycles. The fraction of sp³-hybridized carbons (Fsp3) is 0.292. The number of rotatable bonds is 8. The van der Waals surface area contributed by atoms with Crippen LogP contribution in [0.5, 0.6) is 5.75 Å². The second-order valence-corrected chi connectivity index (χ2v) is 10.3. The highest BCUT2D eigenvalue weighted by atomic mass is 79.9. The molecule has 0 aliphatic carbocycles. The van der Waals surface area contributed by atoms with Gasteiger partial charge in [-0.25, -0.2) is 4.79 Å². The summed E-state index contributed by atoms with van der Waals surface area (Å²) in [6.07, 6.45) is 0.380. The van der Waals surface area contributed by atoms with Crippen LogP contribution in [0.25, 0.3) is 0 Å². The van der Waals surface area contributed by atoms with E-state index in [9.17, 15) is 23.7 Å². The molecule has 4 rings (SSSR count). The molecule has 3 unspecified atom stereocenters. The molecule has 2 heterocycles. The van der Waals surface area contributed by atoms with Gasteiger partial charge >= 0.3 is 5.97 Å². The van der Waals surface area contributed by atoms with E-state index in [1.807, 2.05) is 30.3 Å². The predicted molar refractivity (Wildman–Crippen MR) is 130 cm³/mol. The standard InChI is InChI=1S/C24H23BrN2O6S/c1-33-16-9-7-15(8-10-16)11-18-17(13-25)21(24(30)31)27-22(29)20(23(27)34(18)32)26-19(28)12-14-5-3-2-4-6-14/h2-10,18,20,23H,11-13H2,1H3,(H,26,28)(H,30,31)/t18?,20?,23-,34?/m1/s1. The number of carbonyl (C=O) groups excluding carboxylic acids is 2. The number of aliphatic carboxylic acids is 1. The van der Waals surface area contributed by atoms with Crippen molar-refractivity contribution in [2.24, 2.45) is 0 Å². The van der Waals surface area contributed by atoms with Gasteiger partial charge < -0.3 is 15.2 Å². The molecule has 2 amide bonds. The number of β-lactam (4-membered cyclic amide) rings is 1. The molecule has 4 atom stereocenters. The van der Waals surface area contributed by atoms with Crippen molar-refractivity contribution in [3.8, 4) is 5.75 Å². The van der Waals surface area contributed by atoms with Gasteiger partial charge in [-0.05, 0) is 35.3 Å². The summed E-state index contributed by atoms with van der Waals surface area (Å²) in [6, 6.07) is 15.2. The van der Waals surface area contributed by atoms with Crippen LogP contribution in [-0.2, 0) is 38.0 Å². The molecule has 2 N–H and O–H groups in total. The van der Waals surface area contributed by atoms with Crippen LogP contribution in [0.4, 0.5) is 0 Å². The number of amides is 2. The van der Waals surface area contributed by atoms with Crippen molar-refractivity contribution in [3.63, 3.8) is 0 Å². The summed E-state index contributed by atoms with van der Waals surface area (Å²) in [7, 11) is -0.0866. The second-order valence-electron chi connectivity index (χ2n) is 7.99. The third-order valence-corrected chi connectivity index (χ3v) is 8.52. The Hall–Kier alpha value is -2.98. The molecule has 0 bridgehead atoms. The number of hydrogen-bond donors (Lipinski definition) is 2. The lowest BCUT2D eigenvalue weighted by molar-refractivity contribution is -0.151. The number of carboxylic acids is 1. The molecule has 178 valence electrons. The Balaban J connectivity index is 1.60. The summed E-state index contributed by atoms with van der Waals surface area (Å²) >= 11 is 3.32. The van der Waals surface area contributed by atoms with Crippen molar-refractivity contribution in [2.45, 2.75) is 29.5 Å². The molecule has 2 aliphatic heterocycles. The Labute approximate surface area is 207 Å². The van der Waals surface area contributed by atoms with Gasteiger partial charge in [0.05, 0.1) is 29.6 Å². The number of methoxy groups -OCH3 is 1. The van der Waals surface area contributed by atoms with Gasteiger partial charge in [0, 0.05) is 5.33 Å². The van der Waals surface area contributed by atoms with Gasteiger partial charge in [0.1, 0.15) is 22.9 Å². The highest BCUT2D eigenvalue weighted by Crippen LogP contribution is 2.40. The molecular weight excluding hydrogens is 524 g/mol. The fourth-order valence-corrected chi connectivity index (χ4v) is 7.17. The first-order valence-electron chi connectivity index (χ1n) is 10.6. The van der Waals surface area contributed by atoms with Gasteiger partial charge in [0.25, 0.3) is 5.91 Å². The Bertz CT molecular complexity index is 1170. The fourth-order valence-electron chi connectivity index (χ4n) is 4.26. The van der Waals surface area contributed by atoms with Crippen molar-refractivity contribution >= 4 is 44.5 Å². The number of ether oxygens (including phenoxy) is 1. The average molecular weight is 547 g/mol. The number of hydrogen-bond acceptors (Lipinski definition) is 5. The summed E-state index contributed by atoms with van der Waals surface area (Å²) in [5.74, 6) is -1.55. The monoisotopic (exact) mass is 546 g/mol. The first kappa shape index (κ1) is 24.2. The SMILES string of the molecule is COc1ccc(CC2C(CBr)=C(C(=O)O)N3C(=O)C(NC(=O)Cc4ccccc4)[C@H]3S2=O)cc1. The number of carbonyl (C=O) groups is 3. The molecule has 2 aromatic rings. The molecule has 0 aromatic heterocycles. The van der Waals surface area contributed by atoms with E-state index in [-0.39, 0.29) is 23.4 Å². The Kier molecular flexibility index (Phi) is 7.18. The first-order valence-corrected chi connectivity index (χ1v) is 13.0. The zero-order valence-corrected chi connectivity index (χ0v) is 20.7. The van der Waals surface area contributed by atoms with E-state index in [1.54, 1.807) is 31.4 Å². The highest BCUT2D eigenvalue weighted by molar-refractivity contribution is 9.09. The molecule has 0 radical (unpaired) electrons. The molecule has 8 nitrogen and oxygen atoms in total. The number of nitrogens with one attached hydrogen (secondary N) is 1. The summed E-state index contributed by atoms with van der Waals surface area (Å²) in [5.41, 5.74) is 1.85. The maximum atomic E-state index is 13.6. The number of fused-ring (bicyclic) bond motifs is 1. The Morgan fingerprint density at radius 1 is 1.12 bits per heavy atom. The van der Waals surface area contributed by atoms with Crippen LogP contribution in [0.1, 0.15) is 11.1 Å². The van der Waals surface area contributed by atoms with Gasteiger partial charge in [0.2, 0.25) is 5.91 Å². The van der Waals surface area contributed by atoms with Crippen molar-refractivity contribution in [1.82, 2.24) is 10.2 Å². The van der Waals surface area contributed by atoms with Gasteiger partial charge in [0.15, 0.2) is 0 Å². The molecule has 1 saturated heterocycles. The van der Waals surface area contributed by atoms with Crippen LogP contribution in [0.2, 0.25) is 0 Å². The maximum absolute atomic E-state index is 13.6. The number of carboxylic acid groups (broad SMARTS) is 1. The molecule has 0 spiro atoms. The first-order chi connectivity index (χ1) is 16.3. The van der Waals surface area contributed by atoms with Crippen molar-refractivity contribution < 1.29 is 28.4 Å². The van der Waals surface area contributed by atoms with Gasteiger partial charge in [-0.2, -0.15) is 0 Å². The van der Waals surface area contributed by atoms with Crippen LogP contribution >= 0.6 is 15.9 Å². The van der Waals surface area contributed by atoms with Crippen molar-refractivity contribution in [2.75, 3.05) is 12.4 Å². The van der Waals surface area contributed by atoms with E-state index in [0.29, 0.717) is 17.7 Å². The van der Waals surface area contributed by atoms with E-state index in [4.69, 9.17) is 4.74 Å². The number of alkyl halides is 1. The zero-order chi connectivity index (χ0) is 24.4. The minimum atomic E-state index is -1.65. The average Bonchev–Trinajstić information content (AvgIpc) is 2.84. The van der Waals surface area contributed by atoms with Crippen LogP contribution in [0.15, 0.2) is 65.9 Å². The van der Waals surface area contributed by atoms with Crippen molar-refractivity contribution in [3.05, 3.63) is 77.0 Å². The minimum Gasteiger partial charge on any atom is -0.497 e. The normalized spacial score (nSPS) is 23.7. The third-order valence-electron chi connectivity index (χ3n) is 5.95. The summed E-state index contributed by atoms with van der Waals surface area (Å²) in [4.78, 5) is 38.7. The van der Waals surface area contributed by atoms with Gasteiger partial charge in [-0.1, -0.05) is 58.4 Å². The quantitative estimate of drug-likeness (QED) is 0.386. The molecule has 34 heavy (non-hydrogen) atoms. The van der Waals surface area contributed by atoms with Crippen LogP contribution in [-0.4, -0.2) is 61.1 Å². The van der Waals surface area contributed by atoms with E-state index >= 15 is 0 Å². The van der Waals surface area contributed by atoms with Crippen molar-refractivity contribution in [1.29, 1.82) is 0 Å². The van der Waals surface area contributed by atoms with Crippen LogP contribution in [0, 0.1) is 0 Å². The largest absolute Gasteiger partial charge is 0.497 e. The lowest BCUT2D eigenvalue weighted by atomic mass is 9.98. The number of halogens is 1. The van der Waals surface area contributed by atoms with Gasteiger partial charge in [-0.3, -0.25) is 18.7 Å². The maximum Gasteiger partial charge on any atom is 0.352 e. The Morgan fingerprint density at radius 3 is 2.38 bits per heavy atom. The van der Waals surface area contributed by atoms with Crippen LogP contribution < -0.4 is 10.1 Å². The number of nitrogens with zero attached hydrogens (tertiary/aromatic N) is 1. The smallest absolute Gasteiger partial charge is 0.352 e. The number of benzene rings is 2. The minimum absolute atomic E-state index is 0.0630. The molecule has 10 heteroatoms. The lowest BCUT2D eigenvalue weighted by Crippen LogP contribution is -2.74. The van der Waals surface area contributed by atoms with E-state index in [1.165, 1.54) is 0 Å². The molecule has 1 fully saturated rings. The predicted octanol–water partition coefficient (Wildman–Crippen LogP) is 2.00. The molecular formula is C24H23BrN2O6S. The van der Waals surface area contributed by atoms with E-state index in [0.717, 1.165) is 16.0 Å². The summed E-state index contributed by atoms with van der Waals surface area (Å²) < 4.78 is 18.8. The topological polar surface area (TPSA) is 113 Å². The zero-order valence-electron chi connectivity index (χ0n) is 18.3.